The van der Waals surface area contributed by atoms with Gasteiger partial charge in [0.05, 0.1) is 5.92 Å². The number of nitriles is 2. The molecule has 0 aromatic heterocycles. The van der Waals surface area contributed by atoms with E-state index in [-0.39, 0.29) is 23.8 Å². The Labute approximate surface area is 147 Å². The van der Waals surface area contributed by atoms with Gasteiger partial charge in [0.15, 0.2) is 12.4 Å². The summed E-state index contributed by atoms with van der Waals surface area (Å²) in [5.74, 6) is -0.249. The number of carbonyl (C=O) groups is 1. The predicted molar refractivity (Wildman–Crippen MR) is 89.3 cm³/mol. The SMILES string of the molecule is CC(=O)C1=C(C)OC(N)=C(C#N)[C@@H]1c1cc(Br)ccc1OCC#N. The van der Waals surface area contributed by atoms with Crippen LogP contribution in [0.3, 0.4) is 0 Å². The molecule has 0 saturated heterocycles. The smallest absolute Gasteiger partial charge is 0.205 e. The van der Waals surface area contributed by atoms with Gasteiger partial charge in [-0.3, -0.25) is 4.79 Å². The number of nitrogens with zero attached hydrogens (tertiary/aromatic N) is 2. The Bertz CT molecular complexity index is 844. The lowest BCUT2D eigenvalue weighted by atomic mass is 9.81. The summed E-state index contributed by atoms with van der Waals surface area (Å²) in [6.45, 7) is 2.87. The van der Waals surface area contributed by atoms with Crippen LogP contribution in [0.4, 0.5) is 0 Å². The zero-order chi connectivity index (χ0) is 17.9. The van der Waals surface area contributed by atoms with Gasteiger partial charge in [-0.15, -0.1) is 0 Å². The summed E-state index contributed by atoms with van der Waals surface area (Å²) in [6.07, 6.45) is 0. The van der Waals surface area contributed by atoms with Crippen molar-refractivity contribution in [1.82, 2.24) is 0 Å². The van der Waals surface area contributed by atoms with Crippen LogP contribution in [0.15, 0.2) is 45.5 Å². The van der Waals surface area contributed by atoms with E-state index in [0.717, 1.165) is 4.47 Å². The molecule has 1 aromatic carbocycles. The molecule has 6 nitrogen and oxygen atoms in total. The summed E-state index contributed by atoms with van der Waals surface area (Å²) in [7, 11) is 0. The first-order valence-corrected chi connectivity index (χ1v) is 7.78. The van der Waals surface area contributed by atoms with Crippen molar-refractivity contribution in [3.63, 3.8) is 0 Å². The molecular formula is C17H14BrN3O3. The van der Waals surface area contributed by atoms with Crippen LogP contribution in [0.5, 0.6) is 5.75 Å². The second-order valence-electron chi connectivity index (χ2n) is 5.08. The minimum absolute atomic E-state index is 0.0452. The molecule has 7 heteroatoms. The molecule has 0 saturated carbocycles. The molecule has 0 spiro atoms. The Morgan fingerprint density at radius 2 is 2.17 bits per heavy atom. The molecule has 0 bridgehead atoms. The van der Waals surface area contributed by atoms with E-state index in [1.165, 1.54) is 6.92 Å². The maximum absolute atomic E-state index is 12.2. The number of nitrogens with two attached hydrogens (primary N) is 1. The van der Waals surface area contributed by atoms with E-state index < -0.39 is 5.92 Å². The summed E-state index contributed by atoms with van der Waals surface area (Å²) in [6, 6.07) is 9.08. The van der Waals surface area contributed by atoms with Crippen molar-refractivity contribution < 1.29 is 14.3 Å². The second kappa shape index (κ2) is 7.20. The van der Waals surface area contributed by atoms with Crippen LogP contribution in [0.1, 0.15) is 25.3 Å². The number of hydrogen-bond donors (Lipinski definition) is 1. The monoisotopic (exact) mass is 387 g/mol. The molecule has 1 aliphatic heterocycles. The number of halogens is 1. The Hall–Kier alpha value is -2.77. The number of carbonyl (C=O) groups excluding carboxylic acids is 1. The molecule has 1 aliphatic rings. The largest absolute Gasteiger partial charge is 0.478 e. The summed E-state index contributed by atoms with van der Waals surface area (Å²) >= 11 is 3.38. The van der Waals surface area contributed by atoms with Gasteiger partial charge in [0, 0.05) is 15.6 Å². The highest BCUT2D eigenvalue weighted by Gasteiger charge is 2.35. The third kappa shape index (κ3) is 3.27. The van der Waals surface area contributed by atoms with E-state index in [9.17, 15) is 10.1 Å². The van der Waals surface area contributed by atoms with E-state index in [2.05, 4.69) is 15.9 Å². The van der Waals surface area contributed by atoms with Crippen LogP contribution in [-0.2, 0) is 9.53 Å². The quantitative estimate of drug-likeness (QED) is 0.849. The van der Waals surface area contributed by atoms with Crippen molar-refractivity contribution in [2.24, 2.45) is 5.73 Å². The summed E-state index contributed by atoms with van der Waals surface area (Å²) < 4.78 is 11.6. The third-order valence-electron chi connectivity index (χ3n) is 3.56. The normalized spacial score (nSPS) is 17.0. The van der Waals surface area contributed by atoms with E-state index >= 15 is 0 Å². The van der Waals surface area contributed by atoms with Gasteiger partial charge in [0.25, 0.3) is 0 Å². The van der Waals surface area contributed by atoms with Crippen LogP contribution in [0.2, 0.25) is 0 Å². The van der Waals surface area contributed by atoms with Gasteiger partial charge in [0.2, 0.25) is 5.88 Å². The second-order valence-corrected chi connectivity index (χ2v) is 6.00. The van der Waals surface area contributed by atoms with Crippen molar-refractivity contribution in [1.29, 1.82) is 10.5 Å². The maximum atomic E-state index is 12.2. The average molecular weight is 388 g/mol. The van der Waals surface area contributed by atoms with Crippen LogP contribution >= 0.6 is 15.9 Å². The number of ketones is 1. The highest BCUT2D eigenvalue weighted by molar-refractivity contribution is 9.10. The summed E-state index contributed by atoms with van der Waals surface area (Å²) in [5, 5.41) is 18.3. The molecule has 2 N–H and O–H groups in total. The van der Waals surface area contributed by atoms with E-state index in [1.54, 1.807) is 25.1 Å². The van der Waals surface area contributed by atoms with Gasteiger partial charge in [0.1, 0.15) is 29.2 Å². The number of benzene rings is 1. The van der Waals surface area contributed by atoms with Gasteiger partial charge in [-0.1, -0.05) is 15.9 Å². The topological polar surface area (TPSA) is 109 Å². The minimum Gasteiger partial charge on any atom is -0.478 e. The number of allylic oxidation sites excluding steroid dienone is 3. The number of ether oxygens (including phenoxy) is 2. The lowest BCUT2D eigenvalue weighted by Gasteiger charge is -2.28. The standard InChI is InChI=1S/C17H14BrN3O3/c1-9(22)15-10(2)24-17(21)13(8-20)16(15)12-7-11(18)3-4-14(12)23-6-5-19/h3-4,7,16H,6,21H2,1-2H3/t16-/m0/s1. The Morgan fingerprint density at radius 3 is 2.75 bits per heavy atom. The fraction of sp³-hybridized carbons (Fsp3) is 0.235. The number of hydrogen-bond acceptors (Lipinski definition) is 6. The zero-order valence-corrected chi connectivity index (χ0v) is 14.7. The van der Waals surface area contributed by atoms with Crippen molar-refractivity contribution in [3.05, 3.63) is 51.0 Å². The molecule has 122 valence electrons. The molecule has 0 unspecified atom stereocenters. The van der Waals surface area contributed by atoms with E-state index in [1.807, 2.05) is 12.1 Å². The molecule has 0 amide bonds. The van der Waals surface area contributed by atoms with Crippen LogP contribution in [0.25, 0.3) is 0 Å². The fourth-order valence-electron chi connectivity index (χ4n) is 2.63. The molecular weight excluding hydrogens is 374 g/mol. The number of rotatable bonds is 4. The van der Waals surface area contributed by atoms with Crippen LogP contribution in [0, 0.1) is 22.7 Å². The predicted octanol–water partition coefficient (Wildman–Crippen LogP) is 3.02. The van der Waals surface area contributed by atoms with Gasteiger partial charge in [-0.25, -0.2) is 0 Å². The Kier molecular flexibility index (Phi) is 5.28. The van der Waals surface area contributed by atoms with Gasteiger partial charge in [-0.2, -0.15) is 10.5 Å². The van der Waals surface area contributed by atoms with Gasteiger partial charge >= 0.3 is 0 Å². The third-order valence-corrected chi connectivity index (χ3v) is 4.05. The average Bonchev–Trinajstić information content (AvgIpc) is 2.52. The zero-order valence-electron chi connectivity index (χ0n) is 13.1. The van der Waals surface area contributed by atoms with E-state index in [4.69, 9.17) is 20.5 Å². The fourth-order valence-corrected chi connectivity index (χ4v) is 3.01. The molecule has 24 heavy (non-hydrogen) atoms. The first-order chi connectivity index (χ1) is 11.4. The lowest BCUT2D eigenvalue weighted by molar-refractivity contribution is -0.114. The Balaban J connectivity index is 2.72. The van der Waals surface area contributed by atoms with Crippen molar-refractivity contribution >= 4 is 21.7 Å². The molecule has 1 aromatic rings. The van der Waals surface area contributed by atoms with Gasteiger partial charge < -0.3 is 15.2 Å². The van der Waals surface area contributed by atoms with Crippen LogP contribution in [-0.4, -0.2) is 12.4 Å². The molecule has 2 rings (SSSR count). The molecule has 0 aliphatic carbocycles. The highest BCUT2D eigenvalue weighted by atomic mass is 79.9. The van der Waals surface area contributed by atoms with Crippen LogP contribution < -0.4 is 10.5 Å². The first-order valence-electron chi connectivity index (χ1n) is 6.99. The molecule has 0 radical (unpaired) electrons. The highest BCUT2D eigenvalue weighted by Crippen LogP contribution is 2.43. The van der Waals surface area contributed by atoms with Crippen molar-refractivity contribution in [2.45, 2.75) is 19.8 Å². The van der Waals surface area contributed by atoms with E-state index in [0.29, 0.717) is 22.6 Å². The maximum Gasteiger partial charge on any atom is 0.205 e. The Morgan fingerprint density at radius 1 is 1.46 bits per heavy atom. The molecule has 1 atom stereocenters. The number of Topliss-reactive ketones (excluding diaryl/α,β-unsaturated/α-hetero) is 1. The van der Waals surface area contributed by atoms with Gasteiger partial charge in [-0.05, 0) is 32.0 Å². The first kappa shape index (κ1) is 17.6. The molecule has 1 heterocycles. The lowest BCUT2D eigenvalue weighted by Crippen LogP contribution is -2.23. The van der Waals surface area contributed by atoms with Crippen molar-refractivity contribution in [2.75, 3.05) is 6.61 Å². The minimum atomic E-state index is -0.715. The summed E-state index contributed by atoms with van der Waals surface area (Å²) in [5.41, 5.74) is 6.87. The summed E-state index contributed by atoms with van der Waals surface area (Å²) in [4.78, 5) is 12.2. The van der Waals surface area contributed by atoms with Crippen molar-refractivity contribution in [3.8, 4) is 17.9 Å². The molecule has 0 fully saturated rings.